The number of aromatic nitrogens is 1. The van der Waals surface area contributed by atoms with Gasteiger partial charge in [0.25, 0.3) is 0 Å². The molecule has 1 aliphatic carbocycles. The number of carboxylic acids is 2. The first-order chi connectivity index (χ1) is 14.6. The predicted octanol–water partition coefficient (Wildman–Crippen LogP) is 3.23. The van der Waals surface area contributed by atoms with Gasteiger partial charge in [0.2, 0.25) is 5.91 Å². The number of alkyl halides is 3. The van der Waals surface area contributed by atoms with Crippen molar-refractivity contribution in [2.45, 2.75) is 38.0 Å². The Bertz CT molecular complexity index is 709. The van der Waals surface area contributed by atoms with Gasteiger partial charge in [-0.25, -0.2) is 4.79 Å². The van der Waals surface area contributed by atoms with Gasteiger partial charge in [0, 0.05) is 36.4 Å². The summed E-state index contributed by atoms with van der Waals surface area (Å²) in [7, 11) is 3.12. The van der Waals surface area contributed by atoms with E-state index in [4.69, 9.17) is 19.7 Å². The van der Waals surface area contributed by atoms with Crippen LogP contribution in [0.25, 0.3) is 0 Å². The summed E-state index contributed by atoms with van der Waals surface area (Å²) in [5.41, 5.74) is 0. The summed E-state index contributed by atoms with van der Waals surface area (Å²) >= 11 is 0. The quantitative estimate of drug-likeness (QED) is 0.339. The molecular weight excluding hydrogens is 461 g/mol. The molecule has 0 unspecified atom stereocenters. The number of ether oxygens (including phenoxy) is 1. The number of nitrogens with zero attached hydrogens (tertiary/aromatic N) is 1. The van der Waals surface area contributed by atoms with E-state index in [1.807, 2.05) is 12.1 Å². The second kappa shape index (κ2) is 14.0. The van der Waals surface area contributed by atoms with Crippen LogP contribution in [0.15, 0.2) is 24.5 Å². The number of aliphatic carboxylic acids is 2. The van der Waals surface area contributed by atoms with E-state index in [1.54, 1.807) is 23.2 Å². The van der Waals surface area contributed by atoms with Crippen molar-refractivity contribution in [1.29, 1.82) is 0 Å². The first-order valence-corrected chi connectivity index (χ1v) is 11.7. The molecule has 2 atom stereocenters. The molecule has 8 nitrogen and oxygen atoms in total. The van der Waals surface area contributed by atoms with Crippen LogP contribution in [0.1, 0.15) is 25.7 Å². The smallest absolute Gasteiger partial charge is 0.490 e. The summed E-state index contributed by atoms with van der Waals surface area (Å²) in [4.78, 5) is 35.4. The summed E-state index contributed by atoms with van der Waals surface area (Å²) in [6.07, 6.45) is 1.05. The highest BCUT2D eigenvalue weighted by Gasteiger charge is 2.38. The number of hydrogen-bond donors (Lipinski definition) is 3. The van der Waals surface area contributed by atoms with E-state index in [0.29, 0.717) is 12.3 Å². The minimum atomic E-state index is -5.08. The molecule has 3 N–H and O–H groups in total. The van der Waals surface area contributed by atoms with E-state index in [-0.39, 0.29) is 24.3 Å². The number of carbonyl (C=O) groups excluding carboxylic acids is 1. The molecule has 1 amide bonds. The van der Waals surface area contributed by atoms with Gasteiger partial charge in [0.15, 0.2) is 0 Å². The molecule has 174 valence electrons. The molecule has 1 aromatic heterocycles. The normalized spacial score (nSPS) is 17.9. The fourth-order valence-electron chi connectivity index (χ4n) is 2.50. The molecule has 0 spiro atoms. The summed E-state index contributed by atoms with van der Waals surface area (Å²) < 4.78 is 37.6. The van der Waals surface area contributed by atoms with Crippen molar-refractivity contribution in [2.75, 3.05) is 18.1 Å². The molecule has 13 heteroatoms. The minimum Gasteiger partial charge on any atom is -0.490 e. The van der Waals surface area contributed by atoms with Crippen molar-refractivity contribution in [3.05, 3.63) is 24.5 Å². The van der Waals surface area contributed by atoms with Crippen molar-refractivity contribution in [3.8, 4) is 5.75 Å². The van der Waals surface area contributed by atoms with Crippen LogP contribution in [-0.4, -0.2) is 63.4 Å². The van der Waals surface area contributed by atoms with E-state index in [0.717, 1.165) is 30.8 Å². The van der Waals surface area contributed by atoms with E-state index in [9.17, 15) is 22.8 Å². The Kier molecular flexibility index (Phi) is 12.2. The lowest BCUT2D eigenvalue weighted by Gasteiger charge is -2.14. The maximum absolute atomic E-state index is 12.2. The average molecular weight is 485 g/mol. The first-order valence-electron chi connectivity index (χ1n) is 9.20. The van der Waals surface area contributed by atoms with Crippen LogP contribution >= 0.6 is 21.6 Å². The molecule has 0 aliphatic heterocycles. The largest absolute Gasteiger partial charge is 0.490 e. The zero-order chi connectivity index (χ0) is 23.3. The van der Waals surface area contributed by atoms with Crippen molar-refractivity contribution in [3.63, 3.8) is 0 Å². The van der Waals surface area contributed by atoms with Gasteiger partial charge in [0.05, 0.1) is 12.5 Å². The van der Waals surface area contributed by atoms with Gasteiger partial charge in [-0.2, -0.15) is 13.2 Å². The van der Waals surface area contributed by atoms with Gasteiger partial charge in [-0.15, -0.1) is 0 Å². The van der Waals surface area contributed by atoms with Crippen molar-refractivity contribution in [2.24, 2.45) is 5.92 Å². The number of amides is 1. The van der Waals surface area contributed by atoms with Crippen LogP contribution in [-0.2, 0) is 14.4 Å². The molecule has 0 saturated heterocycles. The fourth-order valence-corrected chi connectivity index (χ4v) is 4.39. The molecule has 1 fully saturated rings. The summed E-state index contributed by atoms with van der Waals surface area (Å²) in [6, 6.07) is 3.65. The number of hydrogen-bond acceptors (Lipinski definition) is 7. The summed E-state index contributed by atoms with van der Waals surface area (Å²) in [5.74, 6) is -1.27. The molecule has 1 saturated carbocycles. The molecule has 1 aliphatic rings. The Morgan fingerprint density at radius 1 is 1.13 bits per heavy atom. The highest BCUT2D eigenvalue weighted by molar-refractivity contribution is 8.76. The van der Waals surface area contributed by atoms with Gasteiger partial charge in [-0.1, -0.05) is 21.6 Å². The second-order valence-electron chi connectivity index (χ2n) is 6.31. The molecule has 2 rings (SSSR count). The molecule has 1 heterocycles. The molecule has 0 radical (unpaired) electrons. The number of carbonyl (C=O) groups is 3. The first kappa shape index (κ1) is 26.9. The zero-order valence-electron chi connectivity index (χ0n) is 16.3. The Balaban J connectivity index is 0.000000592. The van der Waals surface area contributed by atoms with E-state index in [2.05, 4.69) is 10.3 Å². The number of nitrogens with one attached hydrogen (secondary N) is 1. The highest BCUT2D eigenvalue weighted by Crippen LogP contribution is 2.29. The molecule has 31 heavy (non-hydrogen) atoms. The van der Waals surface area contributed by atoms with E-state index >= 15 is 0 Å². The van der Waals surface area contributed by atoms with Gasteiger partial charge in [-0.3, -0.25) is 14.6 Å². The topological polar surface area (TPSA) is 126 Å². The van der Waals surface area contributed by atoms with E-state index < -0.39 is 18.1 Å². The number of rotatable bonds is 10. The van der Waals surface area contributed by atoms with Crippen molar-refractivity contribution < 1.29 is 42.5 Å². The molecular formula is C18H23F3N2O6S2. The highest BCUT2D eigenvalue weighted by atomic mass is 33.1. The molecule has 1 aromatic rings. The molecule has 0 bridgehead atoms. The third-order valence-corrected chi connectivity index (χ3v) is 6.33. The van der Waals surface area contributed by atoms with Gasteiger partial charge in [-0.05, 0) is 31.4 Å². The number of pyridine rings is 1. The van der Waals surface area contributed by atoms with E-state index in [1.165, 1.54) is 10.8 Å². The third-order valence-electron chi connectivity index (χ3n) is 3.92. The minimum absolute atomic E-state index is 0.0153. The lowest BCUT2D eigenvalue weighted by molar-refractivity contribution is -0.192. The number of carboxylic acid groups (broad SMARTS) is 2. The Labute approximate surface area is 184 Å². The predicted molar refractivity (Wildman–Crippen MR) is 110 cm³/mol. The van der Waals surface area contributed by atoms with Crippen LogP contribution in [0.2, 0.25) is 0 Å². The Morgan fingerprint density at radius 2 is 1.74 bits per heavy atom. The van der Waals surface area contributed by atoms with Gasteiger partial charge < -0.3 is 20.3 Å². The van der Waals surface area contributed by atoms with Gasteiger partial charge >= 0.3 is 18.1 Å². The van der Waals surface area contributed by atoms with Crippen LogP contribution in [0, 0.1) is 5.92 Å². The van der Waals surface area contributed by atoms with Gasteiger partial charge in [0.1, 0.15) is 5.75 Å². The Hall–Kier alpha value is -2.15. The SMILES string of the molecule is O=C(O)C(F)(F)F.O=C(O)CCSSCCNC(=O)[C@@H]1CC[C@@H](Oc2ccncc2)C1. The lowest BCUT2D eigenvalue weighted by atomic mass is 10.1. The summed E-state index contributed by atoms with van der Waals surface area (Å²) in [6.45, 7) is 0.607. The standard InChI is InChI=1S/C16H22N2O4S2.C2HF3O2/c19-15(20)5-9-23-24-10-8-18-16(21)12-1-2-14(11-12)22-13-3-6-17-7-4-13;3-2(4,5)1(6)7/h3-4,6-7,12,14H,1-2,5,8-11H2,(H,18,21)(H,19,20);(H,6,7)/t12-,14-;/m1./s1. The second-order valence-corrected chi connectivity index (χ2v) is 9.02. The lowest BCUT2D eigenvalue weighted by Crippen LogP contribution is -2.31. The average Bonchev–Trinajstić information content (AvgIpc) is 3.16. The third kappa shape index (κ3) is 12.3. The maximum atomic E-state index is 12.2. The van der Waals surface area contributed by atoms with Crippen LogP contribution in [0.5, 0.6) is 5.75 Å². The Morgan fingerprint density at radius 3 is 2.32 bits per heavy atom. The summed E-state index contributed by atoms with van der Waals surface area (Å²) in [5, 5.41) is 18.6. The van der Waals surface area contributed by atoms with Crippen LogP contribution < -0.4 is 10.1 Å². The number of halogens is 3. The zero-order valence-corrected chi connectivity index (χ0v) is 18.0. The molecule has 0 aromatic carbocycles. The fraction of sp³-hybridized carbons (Fsp3) is 0.556. The van der Waals surface area contributed by atoms with Crippen molar-refractivity contribution >= 4 is 39.4 Å². The monoisotopic (exact) mass is 484 g/mol. The maximum Gasteiger partial charge on any atom is 0.490 e. The van der Waals surface area contributed by atoms with Crippen molar-refractivity contribution in [1.82, 2.24) is 10.3 Å². The van der Waals surface area contributed by atoms with Crippen LogP contribution in [0.4, 0.5) is 13.2 Å². The van der Waals surface area contributed by atoms with Crippen LogP contribution in [0.3, 0.4) is 0 Å².